The minimum Gasteiger partial charge on any atom is -0.485 e. The Kier molecular flexibility index (Phi) is 4.33. The fraction of sp³-hybridized carbons (Fsp3) is 0.611. The largest absolute Gasteiger partial charge is 0.485 e. The second-order valence-corrected chi connectivity index (χ2v) is 6.63. The van der Waals surface area contributed by atoms with Gasteiger partial charge in [0, 0.05) is 19.4 Å². The van der Waals surface area contributed by atoms with Crippen LogP contribution in [0.5, 0.6) is 11.5 Å². The highest BCUT2D eigenvalue weighted by Crippen LogP contribution is 2.37. The number of carbonyl (C=O) groups excluding carboxylic acids is 1. The molecule has 1 saturated carbocycles. The number of fused-ring (bicyclic) bond motifs is 1. The van der Waals surface area contributed by atoms with E-state index >= 15 is 0 Å². The average Bonchev–Trinajstić information content (AvgIpc) is 3.02. The molecule has 1 amide bonds. The molecule has 1 N–H and O–H groups in total. The first-order valence-corrected chi connectivity index (χ1v) is 8.72. The van der Waals surface area contributed by atoms with Crippen molar-refractivity contribution in [3.8, 4) is 11.5 Å². The van der Waals surface area contributed by atoms with E-state index < -0.39 is 11.9 Å². The van der Waals surface area contributed by atoms with E-state index in [9.17, 15) is 4.79 Å². The first kappa shape index (κ1) is 15.7. The topological polar surface area (TPSA) is 66.0 Å². The van der Waals surface area contributed by atoms with Gasteiger partial charge in [0.2, 0.25) is 6.10 Å². The van der Waals surface area contributed by atoms with Crippen molar-refractivity contribution < 1.29 is 23.7 Å². The molecule has 2 aliphatic heterocycles. The van der Waals surface area contributed by atoms with Gasteiger partial charge in [-0.15, -0.1) is 0 Å². The highest BCUT2D eigenvalue weighted by molar-refractivity contribution is 5.81. The third-order valence-electron chi connectivity index (χ3n) is 4.83. The van der Waals surface area contributed by atoms with Gasteiger partial charge >= 0.3 is 0 Å². The van der Waals surface area contributed by atoms with E-state index in [0.717, 1.165) is 25.7 Å². The Morgan fingerprint density at radius 1 is 1.12 bits per heavy atom. The SMILES string of the molecule is O=C(NC[C@@H]1COC2(CCCCC2)O1)[C@@H]1COc2ccccc2O1. The van der Waals surface area contributed by atoms with Gasteiger partial charge in [0.15, 0.2) is 17.3 Å². The van der Waals surface area contributed by atoms with Crippen LogP contribution in [0.3, 0.4) is 0 Å². The lowest BCUT2D eigenvalue weighted by molar-refractivity contribution is -0.186. The minimum atomic E-state index is -0.633. The third kappa shape index (κ3) is 3.21. The number of amides is 1. The highest BCUT2D eigenvalue weighted by atomic mass is 16.7. The Morgan fingerprint density at radius 3 is 2.75 bits per heavy atom. The summed E-state index contributed by atoms with van der Waals surface area (Å²) in [4.78, 5) is 12.3. The Labute approximate surface area is 141 Å². The normalized spacial score (nSPS) is 27.8. The number of hydrogen-bond donors (Lipinski definition) is 1. The lowest BCUT2D eigenvalue weighted by Gasteiger charge is -2.31. The molecule has 1 aliphatic carbocycles. The van der Waals surface area contributed by atoms with Crippen LogP contribution in [0.4, 0.5) is 0 Å². The summed E-state index contributed by atoms with van der Waals surface area (Å²) in [5.41, 5.74) is 0. The molecular weight excluding hydrogens is 310 g/mol. The molecule has 2 fully saturated rings. The summed E-state index contributed by atoms with van der Waals surface area (Å²) in [6, 6.07) is 7.36. The van der Waals surface area contributed by atoms with E-state index in [1.54, 1.807) is 6.07 Å². The second-order valence-electron chi connectivity index (χ2n) is 6.63. The van der Waals surface area contributed by atoms with Gasteiger partial charge in [0.05, 0.1) is 6.61 Å². The van der Waals surface area contributed by atoms with Gasteiger partial charge in [-0.25, -0.2) is 0 Å². The quantitative estimate of drug-likeness (QED) is 0.917. The van der Waals surface area contributed by atoms with Crippen LogP contribution in [0.2, 0.25) is 0 Å². The zero-order valence-electron chi connectivity index (χ0n) is 13.7. The monoisotopic (exact) mass is 333 g/mol. The van der Waals surface area contributed by atoms with Crippen LogP contribution >= 0.6 is 0 Å². The Bertz CT molecular complexity index is 599. The Morgan fingerprint density at radius 2 is 1.92 bits per heavy atom. The summed E-state index contributed by atoms with van der Waals surface area (Å²) in [6.07, 6.45) is 4.71. The minimum absolute atomic E-state index is 0.0937. The van der Waals surface area contributed by atoms with Gasteiger partial charge in [-0.2, -0.15) is 0 Å². The third-order valence-corrected chi connectivity index (χ3v) is 4.83. The Balaban J connectivity index is 1.27. The zero-order valence-corrected chi connectivity index (χ0v) is 13.7. The average molecular weight is 333 g/mol. The molecule has 0 aromatic heterocycles. The predicted molar refractivity (Wildman–Crippen MR) is 86.0 cm³/mol. The molecule has 2 atom stereocenters. The fourth-order valence-electron chi connectivity index (χ4n) is 3.55. The summed E-state index contributed by atoms with van der Waals surface area (Å²) in [7, 11) is 0. The van der Waals surface area contributed by atoms with Gasteiger partial charge in [-0.05, 0) is 25.0 Å². The summed E-state index contributed by atoms with van der Waals surface area (Å²) >= 11 is 0. The molecule has 1 spiro atoms. The first-order valence-electron chi connectivity index (χ1n) is 8.72. The molecule has 130 valence electrons. The molecule has 1 aromatic rings. The van der Waals surface area contributed by atoms with Gasteiger partial charge < -0.3 is 24.3 Å². The van der Waals surface area contributed by atoms with E-state index in [4.69, 9.17) is 18.9 Å². The number of hydrogen-bond acceptors (Lipinski definition) is 5. The van der Waals surface area contributed by atoms with Crippen LogP contribution in [-0.4, -0.2) is 43.7 Å². The standard InChI is InChI=1S/C18H23NO5/c20-17(16-12-21-14-6-2-3-7-15(14)23-16)19-10-13-11-22-18(24-13)8-4-1-5-9-18/h2-3,6-7,13,16H,1,4-5,8-12H2,(H,19,20)/t13-,16+/m1/s1. The van der Waals surface area contributed by atoms with Crippen LogP contribution < -0.4 is 14.8 Å². The maximum atomic E-state index is 12.3. The second kappa shape index (κ2) is 6.61. The molecule has 1 saturated heterocycles. The summed E-state index contributed by atoms with van der Waals surface area (Å²) in [6.45, 7) is 1.18. The fourth-order valence-corrected chi connectivity index (χ4v) is 3.55. The van der Waals surface area contributed by atoms with E-state index in [0.29, 0.717) is 24.7 Å². The van der Waals surface area contributed by atoms with E-state index in [-0.39, 0.29) is 18.6 Å². The van der Waals surface area contributed by atoms with E-state index in [1.165, 1.54) is 6.42 Å². The number of ether oxygens (including phenoxy) is 4. The van der Waals surface area contributed by atoms with Crippen LogP contribution in [0.25, 0.3) is 0 Å². The van der Waals surface area contributed by atoms with Gasteiger partial charge in [0.25, 0.3) is 5.91 Å². The predicted octanol–water partition coefficient (Wildman–Crippen LogP) is 2.02. The number of carbonyl (C=O) groups is 1. The van der Waals surface area contributed by atoms with Crippen molar-refractivity contribution >= 4 is 5.91 Å². The molecule has 6 nitrogen and oxygen atoms in total. The van der Waals surface area contributed by atoms with Gasteiger partial charge in [-0.3, -0.25) is 4.79 Å². The van der Waals surface area contributed by atoms with Crippen LogP contribution in [0.15, 0.2) is 24.3 Å². The first-order chi connectivity index (χ1) is 11.7. The highest BCUT2D eigenvalue weighted by Gasteiger charge is 2.42. The summed E-state index contributed by atoms with van der Waals surface area (Å²) in [5.74, 6) is 0.688. The Hall–Kier alpha value is -1.79. The smallest absolute Gasteiger partial charge is 0.264 e. The van der Waals surface area contributed by atoms with E-state index in [1.807, 2.05) is 18.2 Å². The molecule has 4 rings (SSSR count). The van der Waals surface area contributed by atoms with Crippen LogP contribution in [-0.2, 0) is 14.3 Å². The van der Waals surface area contributed by atoms with Gasteiger partial charge in [0.1, 0.15) is 12.7 Å². The molecular formula is C18H23NO5. The lowest BCUT2D eigenvalue weighted by Crippen LogP contribution is -2.46. The molecule has 6 heteroatoms. The zero-order chi connectivity index (χ0) is 16.4. The molecule has 0 unspecified atom stereocenters. The van der Waals surface area contributed by atoms with Crippen molar-refractivity contribution in [3.63, 3.8) is 0 Å². The van der Waals surface area contributed by atoms with Crippen molar-refractivity contribution in [1.82, 2.24) is 5.32 Å². The number of nitrogens with one attached hydrogen (secondary N) is 1. The summed E-state index contributed by atoms with van der Waals surface area (Å²) in [5, 5.41) is 2.90. The molecule has 0 radical (unpaired) electrons. The number of rotatable bonds is 3. The van der Waals surface area contributed by atoms with E-state index in [2.05, 4.69) is 5.32 Å². The van der Waals surface area contributed by atoms with Crippen molar-refractivity contribution in [1.29, 1.82) is 0 Å². The molecule has 24 heavy (non-hydrogen) atoms. The molecule has 0 bridgehead atoms. The lowest BCUT2D eigenvalue weighted by atomic mass is 9.94. The van der Waals surface area contributed by atoms with Crippen molar-refractivity contribution in [2.75, 3.05) is 19.8 Å². The maximum absolute atomic E-state index is 12.3. The number of benzene rings is 1. The van der Waals surface area contributed by atoms with Crippen molar-refractivity contribution in [2.24, 2.45) is 0 Å². The van der Waals surface area contributed by atoms with Crippen LogP contribution in [0, 0.1) is 0 Å². The van der Waals surface area contributed by atoms with Crippen molar-refractivity contribution in [2.45, 2.75) is 50.1 Å². The molecule has 3 aliphatic rings. The van der Waals surface area contributed by atoms with Crippen molar-refractivity contribution in [3.05, 3.63) is 24.3 Å². The van der Waals surface area contributed by atoms with Gasteiger partial charge in [-0.1, -0.05) is 18.6 Å². The number of para-hydroxylation sites is 2. The van der Waals surface area contributed by atoms with Crippen LogP contribution in [0.1, 0.15) is 32.1 Å². The molecule has 2 heterocycles. The molecule has 1 aromatic carbocycles. The summed E-state index contributed by atoms with van der Waals surface area (Å²) < 4.78 is 23.3. The maximum Gasteiger partial charge on any atom is 0.264 e.